The van der Waals surface area contributed by atoms with E-state index in [1.54, 1.807) is 6.92 Å². The van der Waals surface area contributed by atoms with E-state index in [1.807, 2.05) is 0 Å². The summed E-state index contributed by atoms with van der Waals surface area (Å²) in [6.45, 7) is 1.55. The second-order valence-electron chi connectivity index (χ2n) is 2.42. The van der Waals surface area contributed by atoms with Gasteiger partial charge in [0.1, 0.15) is 5.60 Å². The van der Waals surface area contributed by atoms with Crippen LogP contribution in [0.2, 0.25) is 0 Å². The number of ketones is 1. The molecule has 0 aromatic rings. The molecule has 1 atom stereocenters. The lowest BCUT2D eigenvalue weighted by Crippen LogP contribution is -2.21. The van der Waals surface area contributed by atoms with E-state index in [4.69, 9.17) is 11.6 Å². The van der Waals surface area contributed by atoms with Crippen molar-refractivity contribution in [1.29, 1.82) is 0 Å². The fraction of sp³-hybridized carbons (Fsp3) is 0.286. The zero-order valence-electron chi connectivity index (χ0n) is 5.47. The summed E-state index contributed by atoms with van der Waals surface area (Å²) in [6.07, 6.45) is 3.99. The van der Waals surface area contributed by atoms with E-state index < -0.39 is 5.60 Å². The molecular weight excluding hydrogens is 152 g/mol. The third-order valence-corrected chi connectivity index (χ3v) is 1.52. The van der Waals surface area contributed by atoms with Gasteiger partial charge < -0.3 is 5.11 Å². The maximum absolute atomic E-state index is 10.7. The summed E-state index contributed by atoms with van der Waals surface area (Å²) in [5.41, 5.74) is -1.06. The maximum atomic E-state index is 10.7. The van der Waals surface area contributed by atoms with Crippen LogP contribution in [0.4, 0.5) is 0 Å². The van der Waals surface area contributed by atoms with Gasteiger partial charge in [0, 0.05) is 0 Å². The molecule has 0 radical (unpaired) electrons. The lowest BCUT2D eigenvalue weighted by atomic mass is 10.0. The summed E-state index contributed by atoms with van der Waals surface area (Å²) < 4.78 is 0. The molecule has 3 heteroatoms. The lowest BCUT2D eigenvalue weighted by molar-refractivity contribution is -0.111. The number of aliphatic hydroxyl groups is 1. The van der Waals surface area contributed by atoms with Gasteiger partial charge in [-0.1, -0.05) is 11.6 Å². The van der Waals surface area contributed by atoms with Crippen molar-refractivity contribution in [2.75, 3.05) is 0 Å². The minimum Gasteiger partial charge on any atom is -0.382 e. The van der Waals surface area contributed by atoms with Crippen LogP contribution in [0.25, 0.3) is 0 Å². The number of hydrogen-bond donors (Lipinski definition) is 1. The van der Waals surface area contributed by atoms with Crippen molar-refractivity contribution in [2.45, 2.75) is 12.5 Å². The smallest absolute Gasteiger partial charge is 0.196 e. The molecule has 0 fully saturated rings. The van der Waals surface area contributed by atoms with Gasteiger partial charge in [0.05, 0.1) is 5.03 Å². The average molecular weight is 159 g/mol. The number of halogens is 1. The molecule has 54 valence electrons. The predicted molar refractivity (Wildman–Crippen MR) is 38.7 cm³/mol. The molecule has 0 spiro atoms. The van der Waals surface area contributed by atoms with Crippen LogP contribution in [0.5, 0.6) is 0 Å². The van der Waals surface area contributed by atoms with E-state index in [9.17, 15) is 9.90 Å². The summed E-state index contributed by atoms with van der Waals surface area (Å²) in [5, 5.41) is 9.34. The lowest BCUT2D eigenvalue weighted by Gasteiger charge is -2.16. The molecule has 0 aromatic carbocycles. The van der Waals surface area contributed by atoms with Crippen LogP contribution in [0, 0.1) is 0 Å². The molecule has 0 heterocycles. The van der Waals surface area contributed by atoms with E-state index in [1.165, 1.54) is 18.2 Å². The molecule has 2 nitrogen and oxygen atoms in total. The zero-order valence-corrected chi connectivity index (χ0v) is 6.22. The van der Waals surface area contributed by atoms with Crippen molar-refractivity contribution in [1.82, 2.24) is 0 Å². The van der Waals surface area contributed by atoms with E-state index in [2.05, 4.69) is 0 Å². The van der Waals surface area contributed by atoms with Crippen molar-refractivity contribution < 1.29 is 9.90 Å². The molecule has 0 bridgehead atoms. The standard InChI is InChI=1S/C7H7ClO2/c1-7(10)3-2-6(9)5(8)4-7/h2-4,10H,1H3/t7-/m1/s1. The summed E-state index contributed by atoms with van der Waals surface area (Å²) in [7, 11) is 0. The van der Waals surface area contributed by atoms with Gasteiger partial charge in [-0.25, -0.2) is 0 Å². The van der Waals surface area contributed by atoms with E-state index in [-0.39, 0.29) is 10.8 Å². The summed E-state index contributed by atoms with van der Waals surface area (Å²) >= 11 is 5.45. The second kappa shape index (κ2) is 2.22. The van der Waals surface area contributed by atoms with E-state index in [0.29, 0.717) is 0 Å². The number of rotatable bonds is 0. The Bertz CT molecular complexity index is 226. The van der Waals surface area contributed by atoms with Crippen molar-refractivity contribution >= 4 is 17.4 Å². The Labute approximate surface area is 63.8 Å². The molecule has 0 saturated heterocycles. The van der Waals surface area contributed by atoms with Crippen LogP contribution in [0.15, 0.2) is 23.3 Å². The van der Waals surface area contributed by atoms with Gasteiger partial charge in [-0.05, 0) is 25.2 Å². The monoisotopic (exact) mass is 158 g/mol. The van der Waals surface area contributed by atoms with Crippen LogP contribution >= 0.6 is 11.6 Å². The predicted octanol–water partition coefficient (Wildman–Crippen LogP) is 0.999. The van der Waals surface area contributed by atoms with Gasteiger partial charge >= 0.3 is 0 Å². The van der Waals surface area contributed by atoms with Crippen LogP contribution < -0.4 is 0 Å². The Morgan fingerprint density at radius 3 is 2.70 bits per heavy atom. The molecular formula is C7H7ClO2. The third-order valence-electron chi connectivity index (χ3n) is 1.23. The van der Waals surface area contributed by atoms with Gasteiger partial charge in [-0.3, -0.25) is 4.79 Å². The molecule has 1 aliphatic rings. The molecule has 1 rings (SSSR count). The first-order chi connectivity index (χ1) is 4.51. The van der Waals surface area contributed by atoms with Gasteiger partial charge in [-0.2, -0.15) is 0 Å². The molecule has 0 saturated carbocycles. The quantitative estimate of drug-likeness (QED) is 0.571. The molecule has 1 N–H and O–H groups in total. The average Bonchev–Trinajstić information content (AvgIpc) is 1.79. The highest BCUT2D eigenvalue weighted by Gasteiger charge is 2.20. The first-order valence-corrected chi connectivity index (χ1v) is 3.23. The van der Waals surface area contributed by atoms with Crippen molar-refractivity contribution in [3.63, 3.8) is 0 Å². The molecule has 0 amide bonds. The normalized spacial score (nSPS) is 32.3. The van der Waals surface area contributed by atoms with Crippen LogP contribution in [-0.4, -0.2) is 16.5 Å². The summed E-state index contributed by atoms with van der Waals surface area (Å²) in [4.78, 5) is 10.7. The van der Waals surface area contributed by atoms with E-state index >= 15 is 0 Å². The summed E-state index contributed by atoms with van der Waals surface area (Å²) in [6, 6.07) is 0. The number of allylic oxidation sites excluding steroid dienone is 2. The fourth-order valence-electron chi connectivity index (χ4n) is 0.700. The molecule has 0 aliphatic heterocycles. The first kappa shape index (κ1) is 7.51. The van der Waals surface area contributed by atoms with Crippen molar-refractivity contribution in [3.05, 3.63) is 23.3 Å². The molecule has 10 heavy (non-hydrogen) atoms. The second-order valence-corrected chi connectivity index (χ2v) is 2.82. The van der Waals surface area contributed by atoms with Gasteiger partial charge in [0.2, 0.25) is 0 Å². The number of carbonyl (C=O) groups is 1. The molecule has 1 aliphatic carbocycles. The minimum absolute atomic E-state index is 0.0764. The number of hydrogen-bond acceptors (Lipinski definition) is 2. The third kappa shape index (κ3) is 1.46. The number of carbonyl (C=O) groups excluding carboxylic acids is 1. The highest BCUT2D eigenvalue weighted by molar-refractivity contribution is 6.44. The fourth-order valence-corrected chi connectivity index (χ4v) is 0.984. The first-order valence-electron chi connectivity index (χ1n) is 2.85. The highest BCUT2D eigenvalue weighted by Crippen LogP contribution is 2.19. The largest absolute Gasteiger partial charge is 0.382 e. The molecule has 0 unspecified atom stereocenters. The topological polar surface area (TPSA) is 37.3 Å². The summed E-state index contributed by atoms with van der Waals surface area (Å²) in [5.74, 6) is -0.256. The maximum Gasteiger partial charge on any atom is 0.196 e. The van der Waals surface area contributed by atoms with Gasteiger partial charge in [0.25, 0.3) is 0 Å². The Kier molecular flexibility index (Phi) is 1.67. The molecule has 0 aromatic heterocycles. The van der Waals surface area contributed by atoms with Gasteiger partial charge in [-0.15, -0.1) is 0 Å². The Balaban J connectivity index is 2.95. The van der Waals surface area contributed by atoms with Gasteiger partial charge in [0.15, 0.2) is 5.78 Å². The van der Waals surface area contributed by atoms with Crippen molar-refractivity contribution in [2.24, 2.45) is 0 Å². The van der Waals surface area contributed by atoms with E-state index in [0.717, 1.165) is 0 Å². The Hall–Kier alpha value is -0.600. The Morgan fingerprint density at radius 1 is 1.70 bits per heavy atom. The zero-order chi connectivity index (χ0) is 7.78. The van der Waals surface area contributed by atoms with Crippen LogP contribution in [0.3, 0.4) is 0 Å². The van der Waals surface area contributed by atoms with Crippen LogP contribution in [0.1, 0.15) is 6.92 Å². The minimum atomic E-state index is -1.06. The SMILES string of the molecule is C[C@@]1(O)C=CC(=O)C(Cl)=C1. The highest BCUT2D eigenvalue weighted by atomic mass is 35.5. The Morgan fingerprint density at radius 2 is 2.30 bits per heavy atom. The van der Waals surface area contributed by atoms with Crippen LogP contribution in [-0.2, 0) is 4.79 Å². The van der Waals surface area contributed by atoms with Crippen molar-refractivity contribution in [3.8, 4) is 0 Å².